The second-order valence-corrected chi connectivity index (χ2v) is 2.03. The van der Waals surface area contributed by atoms with Crippen molar-refractivity contribution in [2.24, 2.45) is 0 Å². The molecule has 0 spiro atoms. The fourth-order valence-corrected chi connectivity index (χ4v) is 0.575. The minimum Gasteiger partial charge on any atom is -0.383 e. The lowest BCUT2D eigenvalue weighted by atomic mass is 10.3. The van der Waals surface area contributed by atoms with Crippen molar-refractivity contribution in [1.29, 1.82) is 5.41 Å². The van der Waals surface area contributed by atoms with Crippen LogP contribution in [0.1, 0.15) is 0 Å². The van der Waals surface area contributed by atoms with Crippen LogP contribution in [0.25, 0.3) is 0 Å². The van der Waals surface area contributed by atoms with Gasteiger partial charge in [-0.25, -0.2) is 0 Å². The second-order valence-electron chi connectivity index (χ2n) is 2.03. The normalized spacial score (nSPS) is 10.5. The first-order valence-corrected chi connectivity index (χ1v) is 3.37. The number of hydrogen-bond donors (Lipinski definition) is 3. The number of hydrogen-bond acceptors (Lipinski definition) is 5. The Morgan fingerprint density at radius 3 is 2.31 bits per heavy atom. The molecule has 7 heteroatoms. The van der Waals surface area contributed by atoms with Gasteiger partial charge in [0.15, 0.2) is 0 Å². The third-order valence-electron chi connectivity index (χ3n) is 1.22. The van der Waals surface area contributed by atoms with E-state index in [1.807, 2.05) is 0 Å². The predicted octanol–water partition coefficient (Wildman–Crippen LogP) is -0.910. The van der Waals surface area contributed by atoms with Gasteiger partial charge < -0.3 is 20.7 Å². The quantitative estimate of drug-likeness (QED) is 0.174. The molecule has 0 aliphatic heterocycles. The minimum absolute atomic E-state index is 0.0239. The highest BCUT2D eigenvalue weighted by Crippen LogP contribution is 1.89. The number of nitro groups is 1. The van der Waals surface area contributed by atoms with E-state index in [2.05, 4.69) is 10.6 Å². The Morgan fingerprint density at radius 2 is 2.00 bits per heavy atom. The van der Waals surface area contributed by atoms with Crippen molar-refractivity contribution in [3.63, 3.8) is 0 Å². The molecule has 0 fully saturated rings. The maximum absolute atomic E-state index is 10.9. The third-order valence-corrected chi connectivity index (χ3v) is 1.22. The van der Waals surface area contributed by atoms with Crippen molar-refractivity contribution in [3.8, 4) is 0 Å². The lowest BCUT2D eigenvalue weighted by Gasteiger charge is -2.02. The van der Waals surface area contributed by atoms with Gasteiger partial charge in [0, 0.05) is 14.1 Å². The predicted molar refractivity (Wildman–Crippen MR) is 45.9 cm³/mol. The Hall–Kier alpha value is -1.92. The summed E-state index contributed by atoms with van der Waals surface area (Å²) < 4.78 is 0. The fraction of sp³-hybridized carbons (Fsp3) is 0.333. The molecule has 1 amide bonds. The van der Waals surface area contributed by atoms with Crippen LogP contribution < -0.4 is 10.6 Å². The summed E-state index contributed by atoms with van der Waals surface area (Å²) in [4.78, 5) is 20.1. The molecule has 0 radical (unpaired) electrons. The summed E-state index contributed by atoms with van der Waals surface area (Å²) in [6.45, 7) is 0. The highest BCUT2D eigenvalue weighted by Gasteiger charge is 2.10. The monoisotopic (exact) mass is 186 g/mol. The van der Waals surface area contributed by atoms with E-state index in [9.17, 15) is 14.9 Å². The summed E-state index contributed by atoms with van der Waals surface area (Å²) in [5, 5.41) is 21.6. The van der Waals surface area contributed by atoms with Crippen LogP contribution in [0.5, 0.6) is 0 Å². The number of carbonyl (C=O) groups is 1. The number of amidine groups is 1. The SMILES string of the molecule is CNC(=O)/C(=C/C(=N)[N+](=O)[O-])NC. The molecule has 72 valence electrons. The fourth-order valence-electron chi connectivity index (χ4n) is 0.575. The molecule has 13 heavy (non-hydrogen) atoms. The second kappa shape index (κ2) is 4.86. The molecule has 0 bridgehead atoms. The molecule has 0 aromatic carbocycles. The Balaban J connectivity index is 4.66. The van der Waals surface area contributed by atoms with E-state index < -0.39 is 16.7 Å². The molecule has 0 aliphatic rings. The van der Waals surface area contributed by atoms with Crippen LogP contribution in [0.15, 0.2) is 11.8 Å². The van der Waals surface area contributed by atoms with E-state index in [-0.39, 0.29) is 5.70 Å². The molecule has 0 atom stereocenters. The van der Waals surface area contributed by atoms with Crippen LogP contribution in [0.3, 0.4) is 0 Å². The average molecular weight is 186 g/mol. The zero-order valence-electron chi connectivity index (χ0n) is 7.25. The summed E-state index contributed by atoms with van der Waals surface area (Å²) >= 11 is 0. The maximum atomic E-state index is 10.9. The number of likely N-dealkylation sites (N-methyl/N-ethyl adjacent to an activating group) is 2. The van der Waals surface area contributed by atoms with Gasteiger partial charge in [0.1, 0.15) is 5.70 Å². The Labute approximate surface area is 74.5 Å². The largest absolute Gasteiger partial charge is 0.383 e. The first kappa shape index (κ1) is 11.1. The molecule has 0 rings (SSSR count). The summed E-state index contributed by atoms with van der Waals surface area (Å²) in [5.41, 5.74) is -0.0239. The molecular weight excluding hydrogens is 176 g/mol. The van der Waals surface area contributed by atoms with Gasteiger partial charge >= 0.3 is 5.84 Å². The van der Waals surface area contributed by atoms with Gasteiger partial charge in [-0.2, -0.15) is 0 Å². The molecule has 3 N–H and O–H groups in total. The Kier molecular flexibility index (Phi) is 4.14. The first-order valence-electron chi connectivity index (χ1n) is 3.37. The van der Waals surface area contributed by atoms with Crippen molar-refractivity contribution in [1.82, 2.24) is 10.6 Å². The van der Waals surface area contributed by atoms with Gasteiger partial charge in [-0.05, 0) is 4.92 Å². The molecule has 0 unspecified atom stereocenters. The van der Waals surface area contributed by atoms with Crippen LogP contribution >= 0.6 is 0 Å². The molecule has 0 aliphatic carbocycles. The van der Waals surface area contributed by atoms with Crippen LogP contribution in [-0.2, 0) is 4.79 Å². The molecule has 0 aromatic heterocycles. The van der Waals surface area contributed by atoms with Crippen molar-refractivity contribution < 1.29 is 9.72 Å². The Bertz CT molecular complexity index is 271. The first-order chi connectivity index (χ1) is 6.02. The molecule has 0 heterocycles. The maximum Gasteiger partial charge on any atom is 0.357 e. The van der Waals surface area contributed by atoms with Crippen LogP contribution in [0, 0.1) is 15.5 Å². The Morgan fingerprint density at radius 1 is 1.46 bits per heavy atom. The third kappa shape index (κ3) is 3.32. The summed E-state index contributed by atoms with van der Waals surface area (Å²) in [6, 6.07) is 0. The standard InChI is InChI=1S/C6H10N4O3/c1-8-4(6(11)9-2)3-5(7)10(12)13/h3,7-8H,1-2H3,(H,9,11)/b4-3-,7-5?. The average Bonchev–Trinajstić information content (AvgIpc) is 2.12. The van der Waals surface area contributed by atoms with Crippen molar-refractivity contribution in [2.75, 3.05) is 14.1 Å². The van der Waals surface area contributed by atoms with Crippen LogP contribution in [0.4, 0.5) is 0 Å². The van der Waals surface area contributed by atoms with E-state index in [4.69, 9.17) is 5.41 Å². The molecule has 0 saturated heterocycles. The number of carbonyl (C=O) groups excluding carboxylic acids is 1. The van der Waals surface area contributed by atoms with Gasteiger partial charge in [-0.1, -0.05) is 5.41 Å². The van der Waals surface area contributed by atoms with Crippen LogP contribution in [-0.4, -0.2) is 30.8 Å². The summed E-state index contributed by atoms with van der Waals surface area (Å²) in [7, 11) is 2.83. The molecule has 7 nitrogen and oxygen atoms in total. The van der Waals surface area contributed by atoms with E-state index >= 15 is 0 Å². The zero-order valence-corrected chi connectivity index (χ0v) is 7.25. The molecular formula is C6H10N4O3. The molecule has 0 aromatic rings. The van der Waals surface area contributed by atoms with E-state index in [0.717, 1.165) is 6.08 Å². The number of nitrogens with zero attached hydrogens (tertiary/aromatic N) is 1. The minimum atomic E-state index is -0.889. The number of amides is 1. The zero-order chi connectivity index (χ0) is 10.4. The van der Waals surface area contributed by atoms with Crippen molar-refractivity contribution >= 4 is 11.7 Å². The smallest absolute Gasteiger partial charge is 0.357 e. The van der Waals surface area contributed by atoms with Gasteiger partial charge in [-0.15, -0.1) is 0 Å². The van der Waals surface area contributed by atoms with Gasteiger partial charge in [0.2, 0.25) is 0 Å². The summed E-state index contributed by atoms with van der Waals surface area (Å²) in [5.74, 6) is -1.35. The number of rotatable bonds is 3. The highest BCUT2D eigenvalue weighted by atomic mass is 16.6. The van der Waals surface area contributed by atoms with Crippen LogP contribution in [0.2, 0.25) is 0 Å². The van der Waals surface area contributed by atoms with Gasteiger partial charge in [-0.3, -0.25) is 4.79 Å². The topological polar surface area (TPSA) is 108 Å². The molecule has 0 saturated carbocycles. The van der Waals surface area contributed by atoms with E-state index in [1.54, 1.807) is 0 Å². The van der Waals surface area contributed by atoms with Crippen molar-refractivity contribution in [3.05, 3.63) is 21.9 Å². The van der Waals surface area contributed by atoms with E-state index in [0.29, 0.717) is 0 Å². The summed E-state index contributed by atoms with van der Waals surface area (Å²) in [6.07, 6.45) is 0.846. The van der Waals surface area contributed by atoms with Gasteiger partial charge in [0.25, 0.3) is 5.91 Å². The van der Waals surface area contributed by atoms with Crippen molar-refractivity contribution in [2.45, 2.75) is 0 Å². The van der Waals surface area contributed by atoms with E-state index in [1.165, 1.54) is 14.1 Å². The lowest BCUT2D eigenvalue weighted by molar-refractivity contribution is -0.349. The lowest BCUT2D eigenvalue weighted by Crippen LogP contribution is -2.28. The van der Waals surface area contributed by atoms with Gasteiger partial charge in [0.05, 0.1) is 6.08 Å². The number of nitrogens with one attached hydrogen (secondary N) is 3. The highest BCUT2D eigenvalue weighted by molar-refractivity contribution is 5.98.